The molecule has 0 aliphatic carbocycles. The van der Waals surface area contributed by atoms with E-state index in [1.54, 1.807) is 4.68 Å². The maximum absolute atomic E-state index is 6.36. The molecule has 0 radical (unpaired) electrons. The largest absolute Gasteiger partial charge is 0.367 e. The second-order valence-electron chi connectivity index (χ2n) is 6.50. The van der Waals surface area contributed by atoms with Crippen molar-refractivity contribution in [3.8, 4) is 5.82 Å². The summed E-state index contributed by atoms with van der Waals surface area (Å²) in [6.45, 7) is 4.63. The molecule has 1 unspecified atom stereocenters. The first-order valence-electron chi connectivity index (χ1n) is 8.48. The van der Waals surface area contributed by atoms with E-state index in [0.29, 0.717) is 18.2 Å². The van der Waals surface area contributed by atoms with Crippen LogP contribution in [-0.2, 0) is 0 Å². The van der Waals surface area contributed by atoms with Crippen LogP contribution >= 0.6 is 11.6 Å². The second-order valence-corrected chi connectivity index (χ2v) is 6.90. The minimum Gasteiger partial charge on any atom is -0.367 e. The van der Waals surface area contributed by atoms with Crippen molar-refractivity contribution < 1.29 is 0 Å². The Labute approximate surface area is 158 Å². The minimum absolute atomic E-state index is 0.126. The van der Waals surface area contributed by atoms with Gasteiger partial charge in [-0.05, 0) is 57.8 Å². The normalized spacial score (nSPS) is 12.4. The van der Waals surface area contributed by atoms with Gasteiger partial charge in [0.1, 0.15) is 5.82 Å². The fraction of sp³-hybridized carbons (Fsp3) is 0.316. The molecule has 0 bridgehead atoms. The van der Waals surface area contributed by atoms with Crippen LogP contribution in [0.4, 0.5) is 5.82 Å². The maximum atomic E-state index is 6.36. The molecule has 3 rings (SSSR count). The third-order valence-corrected chi connectivity index (χ3v) is 4.59. The van der Waals surface area contributed by atoms with E-state index in [2.05, 4.69) is 25.5 Å². The van der Waals surface area contributed by atoms with E-state index in [1.165, 1.54) is 0 Å². The SMILES string of the molecule is Cc1cc(C)n(-c2ccc(NCC(c3ccccc3Cl)N(C)C)nn2)n1. The van der Waals surface area contributed by atoms with Crippen molar-refractivity contribution in [2.45, 2.75) is 19.9 Å². The number of anilines is 1. The summed E-state index contributed by atoms with van der Waals surface area (Å²) >= 11 is 6.36. The number of halogens is 1. The lowest BCUT2D eigenvalue weighted by molar-refractivity contribution is 0.311. The third kappa shape index (κ3) is 4.03. The van der Waals surface area contributed by atoms with E-state index in [9.17, 15) is 0 Å². The van der Waals surface area contributed by atoms with Crippen molar-refractivity contribution in [3.05, 3.63) is 64.4 Å². The Balaban J connectivity index is 1.72. The van der Waals surface area contributed by atoms with Gasteiger partial charge in [-0.1, -0.05) is 29.8 Å². The van der Waals surface area contributed by atoms with Gasteiger partial charge in [-0.3, -0.25) is 0 Å². The number of benzene rings is 1. The molecule has 2 aromatic heterocycles. The molecule has 0 aliphatic rings. The Morgan fingerprint density at radius 2 is 1.88 bits per heavy atom. The lowest BCUT2D eigenvalue weighted by Crippen LogP contribution is -2.27. The van der Waals surface area contributed by atoms with Crippen molar-refractivity contribution in [1.82, 2.24) is 24.9 Å². The lowest BCUT2D eigenvalue weighted by Gasteiger charge is -2.26. The molecule has 1 aromatic carbocycles. The predicted octanol–water partition coefficient (Wildman–Crippen LogP) is 3.65. The van der Waals surface area contributed by atoms with Crippen molar-refractivity contribution in [2.75, 3.05) is 26.0 Å². The van der Waals surface area contributed by atoms with Gasteiger partial charge in [-0.25, -0.2) is 4.68 Å². The zero-order valence-corrected chi connectivity index (χ0v) is 16.2. The van der Waals surface area contributed by atoms with E-state index >= 15 is 0 Å². The lowest BCUT2D eigenvalue weighted by atomic mass is 10.1. The summed E-state index contributed by atoms with van der Waals surface area (Å²) < 4.78 is 1.79. The molecule has 2 heterocycles. The van der Waals surface area contributed by atoms with Gasteiger partial charge in [0, 0.05) is 17.3 Å². The van der Waals surface area contributed by atoms with Gasteiger partial charge in [0.2, 0.25) is 0 Å². The van der Waals surface area contributed by atoms with E-state index in [1.807, 2.05) is 70.4 Å². The topological polar surface area (TPSA) is 58.9 Å². The summed E-state index contributed by atoms with van der Waals surface area (Å²) in [6.07, 6.45) is 0. The monoisotopic (exact) mass is 370 g/mol. The molecule has 0 aliphatic heterocycles. The average molecular weight is 371 g/mol. The first-order valence-corrected chi connectivity index (χ1v) is 8.85. The molecule has 0 spiro atoms. The Hall–Kier alpha value is -2.44. The highest BCUT2D eigenvalue weighted by Crippen LogP contribution is 2.26. The highest BCUT2D eigenvalue weighted by Gasteiger charge is 2.17. The quantitative estimate of drug-likeness (QED) is 0.717. The summed E-state index contributed by atoms with van der Waals surface area (Å²) in [5, 5.41) is 17.1. The highest BCUT2D eigenvalue weighted by molar-refractivity contribution is 6.31. The van der Waals surface area contributed by atoms with Crippen LogP contribution in [0.1, 0.15) is 23.0 Å². The van der Waals surface area contributed by atoms with Crippen LogP contribution in [-0.4, -0.2) is 45.5 Å². The zero-order chi connectivity index (χ0) is 18.7. The molecule has 26 heavy (non-hydrogen) atoms. The molecule has 136 valence electrons. The first-order chi connectivity index (χ1) is 12.5. The fourth-order valence-electron chi connectivity index (χ4n) is 2.91. The van der Waals surface area contributed by atoms with Gasteiger partial charge in [0.05, 0.1) is 11.7 Å². The Bertz CT molecular complexity index is 872. The van der Waals surface area contributed by atoms with Crippen molar-refractivity contribution in [2.24, 2.45) is 0 Å². The van der Waals surface area contributed by atoms with Crippen molar-refractivity contribution in [1.29, 1.82) is 0 Å². The smallest absolute Gasteiger partial charge is 0.176 e. The number of nitrogens with zero attached hydrogens (tertiary/aromatic N) is 5. The molecular formula is C19H23ClN6. The molecule has 6 nitrogen and oxygen atoms in total. The molecule has 1 atom stereocenters. The molecule has 1 N–H and O–H groups in total. The number of hydrogen-bond donors (Lipinski definition) is 1. The van der Waals surface area contributed by atoms with Crippen LogP contribution in [0.25, 0.3) is 5.82 Å². The maximum Gasteiger partial charge on any atom is 0.176 e. The van der Waals surface area contributed by atoms with Crippen LogP contribution < -0.4 is 5.32 Å². The summed E-state index contributed by atoms with van der Waals surface area (Å²) in [7, 11) is 4.07. The summed E-state index contributed by atoms with van der Waals surface area (Å²) in [5.41, 5.74) is 3.07. The van der Waals surface area contributed by atoms with Gasteiger partial charge in [0.25, 0.3) is 0 Å². The fourth-order valence-corrected chi connectivity index (χ4v) is 3.17. The Morgan fingerprint density at radius 1 is 1.12 bits per heavy atom. The number of aryl methyl sites for hydroxylation is 2. The molecule has 0 fully saturated rings. The van der Waals surface area contributed by atoms with Crippen molar-refractivity contribution >= 4 is 17.4 Å². The number of hydrogen-bond acceptors (Lipinski definition) is 5. The van der Waals surface area contributed by atoms with Crippen LogP contribution in [0.2, 0.25) is 5.02 Å². The van der Waals surface area contributed by atoms with E-state index in [4.69, 9.17) is 11.6 Å². The highest BCUT2D eigenvalue weighted by atomic mass is 35.5. The number of rotatable bonds is 6. The average Bonchev–Trinajstić information content (AvgIpc) is 2.95. The summed E-state index contributed by atoms with van der Waals surface area (Å²) in [5.74, 6) is 1.42. The van der Waals surface area contributed by atoms with Crippen LogP contribution in [0.15, 0.2) is 42.5 Å². The standard InChI is InChI=1S/C19H23ClN6/c1-13-11-14(2)26(24-13)19-10-9-18(22-23-19)21-12-17(25(3)4)15-7-5-6-8-16(15)20/h5-11,17H,12H2,1-4H3,(H,21,22). The van der Waals surface area contributed by atoms with Gasteiger partial charge >= 0.3 is 0 Å². The molecule has 0 saturated carbocycles. The third-order valence-electron chi connectivity index (χ3n) is 4.24. The first kappa shape index (κ1) is 18.4. The summed E-state index contributed by atoms with van der Waals surface area (Å²) in [4.78, 5) is 2.13. The van der Waals surface area contributed by atoms with Gasteiger partial charge in [-0.2, -0.15) is 5.10 Å². The van der Waals surface area contributed by atoms with Crippen molar-refractivity contribution in [3.63, 3.8) is 0 Å². The van der Waals surface area contributed by atoms with E-state index in [0.717, 1.165) is 22.0 Å². The molecule has 0 saturated heterocycles. The summed E-state index contributed by atoms with van der Waals surface area (Å²) in [6, 6.07) is 13.9. The van der Waals surface area contributed by atoms with Gasteiger partial charge in [0.15, 0.2) is 5.82 Å². The van der Waals surface area contributed by atoms with Crippen LogP contribution in [0.5, 0.6) is 0 Å². The zero-order valence-electron chi connectivity index (χ0n) is 15.4. The second kappa shape index (κ2) is 7.85. The molecular weight excluding hydrogens is 348 g/mol. The minimum atomic E-state index is 0.126. The molecule has 3 aromatic rings. The van der Waals surface area contributed by atoms with Crippen LogP contribution in [0, 0.1) is 13.8 Å². The molecule has 0 amide bonds. The predicted molar refractivity (Wildman–Crippen MR) is 105 cm³/mol. The number of likely N-dealkylation sites (N-methyl/N-ethyl adjacent to an activating group) is 1. The van der Waals surface area contributed by atoms with Crippen LogP contribution in [0.3, 0.4) is 0 Å². The van der Waals surface area contributed by atoms with E-state index in [-0.39, 0.29) is 6.04 Å². The van der Waals surface area contributed by atoms with E-state index < -0.39 is 0 Å². The Kier molecular flexibility index (Phi) is 5.54. The van der Waals surface area contributed by atoms with Gasteiger partial charge < -0.3 is 10.2 Å². The number of nitrogens with one attached hydrogen (secondary N) is 1. The Morgan fingerprint density at radius 3 is 2.46 bits per heavy atom. The number of aromatic nitrogens is 4. The van der Waals surface area contributed by atoms with Gasteiger partial charge in [-0.15, -0.1) is 10.2 Å². The molecule has 7 heteroatoms.